The summed E-state index contributed by atoms with van der Waals surface area (Å²) < 4.78 is 16.0. The Morgan fingerprint density at radius 3 is 2.69 bits per heavy atom. The maximum atomic E-state index is 14.7. The summed E-state index contributed by atoms with van der Waals surface area (Å²) in [6.07, 6.45) is 7.05. The van der Waals surface area contributed by atoms with E-state index >= 15 is 0 Å². The first-order valence-electron chi connectivity index (χ1n) is 11.1. The maximum Gasteiger partial charge on any atom is 0.294 e. The maximum absolute atomic E-state index is 14.7. The minimum absolute atomic E-state index is 0.0510. The number of carbonyl (C=O) groups is 2. The number of aliphatic imine (C=N–C) groups is 1. The van der Waals surface area contributed by atoms with Crippen LogP contribution in [0.1, 0.15) is 22.8 Å². The fraction of sp³-hybridized carbons (Fsp3) is 0.208. The summed E-state index contributed by atoms with van der Waals surface area (Å²) in [5.41, 5.74) is 0.875. The summed E-state index contributed by atoms with van der Waals surface area (Å²) in [6, 6.07) is 9.22. The molecule has 1 N–H and O–H groups in total. The molecular weight excluding hydrogens is 465 g/mol. The Morgan fingerprint density at radius 1 is 1.25 bits per heavy atom. The number of hydrogen-bond donors (Lipinski definition) is 1. The summed E-state index contributed by atoms with van der Waals surface area (Å²) in [6.45, 7) is 2.92. The van der Waals surface area contributed by atoms with Crippen LogP contribution in [0.25, 0.3) is 16.7 Å². The standard InChI is InChI=1S/C24H22FN9O2/c1-3-33(22(29-15-26)16-7-5-4-6-8-16)12-11-32(2)24(36)21(35)17-13-27-20-19(17)18(25)14-28-23(20)34-10-9-30-31-34/h4-10,13-14,27H,3,11-12H2,1-2H3. The van der Waals surface area contributed by atoms with Gasteiger partial charge >= 0.3 is 0 Å². The number of benzene rings is 1. The van der Waals surface area contributed by atoms with Crippen molar-refractivity contribution < 1.29 is 14.0 Å². The second-order valence-corrected chi connectivity index (χ2v) is 7.77. The molecule has 4 rings (SSSR count). The molecule has 0 radical (unpaired) electrons. The Bertz CT molecular complexity index is 1460. The molecular formula is C24H22FN9O2. The van der Waals surface area contributed by atoms with Crippen LogP contribution in [-0.2, 0) is 4.79 Å². The van der Waals surface area contributed by atoms with E-state index in [1.807, 2.05) is 48.3 Å². The van der Waals surface area contributed by atoms with Gasteiger partial charge < -0.3 is 14.8 Å². The summed E-state index contributed by atoms with van der Waals surface area (Å²) in [5.74, 6) is -1.70. The highest BCUT2D eigenvalue weighted by Gasteiger charge is 2.27. The number of nitriles is 1. The van der Waals surface area contributed by atoms with Gasteiger partial charge in [0.2, 0.25) is 6.19 Å². The van der Waals surface area contributed by atoms with Gasteiger partial charge in [-0.15, -0.1) is 5.10 Å². The molecule has 0 fully saturated rings. The number of Topliss-reactive ketones (excluding diaryl/α,β-unsaturated/α-hetero) is 1. The zero-order valence-corrected chi connectivity index (χ0v) is 19.6. The third kappa shape index (κ3) is 4.67. The van der Waals surface area contributed by atoms with Gasteiger partial charge in [0.05, 0.1) is 35.1 Å². The van der Waals surface area contributed by atoms with Crippen molar-refractivity contribution in [3.05, 3.63) is 72.1 Å². The van der Waals surface area contributed by atoms with Crippen LogP contribution in [0.4, 0.5) is 4.39 Å². The first-order valence-corrected chi connectivity index (χ1v) is 11.1. The van der Waals surface area contributed by atoms with Crippen molar-refractivity contribution in [3.8, 4) is 12.0 Å². The van der Waals surface area contributed by atoms with E-state index < -0.39 is 17.5 Å². The lowest BCUT2D eigenvalue weighted by atomic mass is 10.1. The monoisotopic (exact) mass is 487 g/mol. The topological polar surface area (TPSA) is 136 Å². The minimum Gasteiger partial charge on any atom is -0.357 e. The number of pyridine rings is 1. The number of amides is 1. The highest BCUT2D eigenvalue weighted by atomic mass is 19.1. The van der Waals surface area contributed by atoms with E-state index in [-0.39, 0.29) is 28.8 Å². The van der Waals surface area contributed by atoms with Crippen molar-refractivity contribution in [3.63, 3.8) is 0 Å². The Hall–Kier alpha value is -4.92. The average molecular weight is 487 g/mol. The van der Waals surface area contributed by atoms with Gasteiger partial charge in [-0.25, -0.2) is 14.1 Å². The van der Waals surface area contributed by atoms with Crippen LogP contribution in [0.15, 0.2) is 60.1 Å². The molecule has 0 unspecified atom stereocenters. The Labute approximate surface area is 205 Å². The first-order chi connectivity index (χ1) is 17.5. The van der Waals surface area contributed by atoms with Gasteiger partial charge in [-0.2, -0.15) is 10.3 Å². The molecule has 0 aliphatic rings. The lowest BCUT2D eigenvalue weighted by molar-refractivity contribution is -0.125. The highest BCUT2D eigenvalue weighted by Crippen LogP contribution is 2.26. The van der Waals surface area contributed by atoms with Gasteiger partial charge in [-0.05, 0) is 6.92 Å². The number of halogens is 1. The van der Waals surface area contributed by atoms with E-state index in [1.54, 1.807) is 0 Å². The number of aromatic amines is 1. The second kappa shape index (κ2) is 10.6. The normalized spacial score (nSPS) is 11.3. The van der Waals surface area contributed by atoms with E-state index in [0.29, 0.717) is 18.9 Å². The predicted octanol–water partition coefficient (Wildman–Crippen LogP) is 2.17. The fourth-order valence-electron chi connectivity index (χ4n) is 3.80. The number of aromatic nitrogens is 5. The molecule has 36 heavy (non-hydrogen) atoms. The van der Waals surface area contributed by atoms with Gasteiger partial charge in [0.25, 0.3) is 11.7 Å². The van der Waals surface area contributed by atoms with Crippen LogP contribution in [0.3, 0.4) is 0 Å². The van der Waals surface area contributed by atoms with E-state index in [4.69, 9.17) is 5.26 Å². The molecule has 12 heteroatoms. The van der Waals surface area contributed by atoms with Crippen LogP contribution in [0, 0.1) is 17.3 Å². The molecule has 0 aliphatic heterocycles. The number of hydrogen-bond acceptors (Lipinski definition) is 7. The van der Waals surface area contributed by atoms with Gasteiger partial charge in [0.1, 0.15) is 5.84 Å². The lowest BCUT2D eigenvalue weighted by Crippen LogP contribution is -2.41. The molecule has 1 aromatic carbocycles. The summed E-state index contributed by atoms with van der Waals surface area (Å²) >= 11 is 0. The van der Waals surface area contributed by atoms with E-state index in [1.165, 1.54) is 35.2 Å². The average Bonchev–Trinajstić information content (AvgIpc) is 3.59. The quantitative estimate of drug-likeness (QED) is 0.132. The molecule has 0 aliphatic carbocycles. The van der Waals surface area contributed by atoms with Gasteiger partial charge in [0.15, 0.2) is 11.6 Å². The fourth-order valence-corrected chi connectivity index (χ4v) is 3.80. The molecule has 0 saturated carbocycles. The zero-order valence-electron chi connectivity index (χ0n) is 19.6. The van der Waals surface area contributed by atoms with E-state index in [2.05, 4.69) is 25.3 Å². The summed E-state index contributed by atoms with van der Waals surface area (Å²) in [7, 11) is 1.49. The number of rotatable bonds is 8. The number of ketones is 1. The summed E-state index contributed by atoms with van der Waals surface area (Å²) in [5, 5.41) is 16.7. The number of nitrogens with zero attached hydrogens (tertiary/aromatic N) is 8. The van der Waals surface area contributed by atoms with Crippen LogP contribution < -0.4 is 0 Å². The number of likely N-dealkylation sites (N-methyl/N-ethyl adjacent to an activating group) is 2. The van der Waals surface area contributed by atoms with Crippen molar-refractivity contribution >= 4 is 28.4 Å². The summed E-state index contributed by atoms with van der Waals surface area (Å²) in [4.78, 5) is 39.9. The van der Waals surface area contributed by atoms with Crippen molar-refractivity contribution in [2.24, 2.45) is 4.99 Å². The predicted molar refractivity (Wildman–Crippen MR) is 129 cm³/mol. The number of H-pyrrole nitrogens is 1. The van der Waals surface area contributed by atoms with Gasteiger partial charge in [0, 0.05) is 38.4 Å². The second-order valence-electron chi connectivity index (χ2n) is 7.77. The van der Waals surface area contributed by atoms with Crippen LogP contribution in [0.2, 0.25) is 0 Å². The Balaban J connectivity index is 1.53. The molecule has 4 aromatic rings. The lowest BCUT2D eigenvalue weighted by Gasteiger charge is -2.26. The number of carbonyl (C=O) groups excluding carboxylic acids is 2. The van der Waals surface area contributed by atoms with Crippen molar-refractivity contribution in [2.75, 3.05) is 26.7 Å². The molecule has 1 amide bonds. The number of nitrogens with one attached hydrogen (secondary N) is 1. The smallest absolute Gasteiger partial charge is 0.294 e. The van der Waals surface area contributed by atoms with E-state index in [9.17, 15) is 14.0 Å². The largest absolute Gasteiger partial charge is 0.357 e. The van der Waals surface area contributed by atoms with Gasteiger partial charge in [-0.3, -0.25) is 9.59 Å². The molecule has 3 heterocycles. The number of fused-ring (bicyclic) bond motifs is 1. The van der Waals surface area contributed by atoms with Crippen molar-refractivity contribution in [2.45, 2.75) is 6.92 Å². The molecule has 11 nitrogen and oxygen atoms in total. The van der Waals surface area contributed by atoms with Gasteiger partial charge in [-0.1, -0.05) is 35.5 Å². The van der Waals surface area contributed by atoms with Crippen LogP contribution in [0.5, 0.6) is 0 Å². The minimum atomic E-state index is -0.865. The van der Waals surface area contributed by atoms with Crippen molar-refractivity contribution in [1.29, 1.82) is 5.26 Å². The van der Waals surface area contributed by atoms with Crippen molar-refractivity contribution in [1.82, 2.24) is 34.8 Å². The third-order valence-corrected chi connectivity index (χ3v) is 5.64. The molecule has 182 valence electrons. The first kappa shape index (κ1) is 24.2. The molecule has 3 aromatic heterocycles. The van der Waals surface area contributed by atoms with E-state index in [0.717, 1.165) is 11.8 Å². The molecule has 0 atom stereocenters. The SMILES string of the molecule is CCN(CCN(C)C(=O)C(=O)c1c[nH]c2c(-n3ccnn3)ncc(F)c12)C(=NC#N)c1ccccc1. The Kier molecular flexibility index (Phi) is 7.10. The number of amidine groups is 1. The van der Waals surface area contributed by atoms with Crippen LogP contribution >= 0.6 is 0 Å². The molecule has 0 saturated heterocycles. The highest BCUT2D eigenvalue weighted by molar-refractivity contribution is 6.44. The molecule has 0 spiro atoms. The van der Waals surface area contributed by atoms with Crippen LogP contribution in [-0.4, -0.2) is 79.0 Å². The zero-order chi connectivity index (χ0) is 25.7. The Morgan fingerprint density at radius 2 is 2.03 bits per heavy atom. The third-order valence-electron chi connectivity index (χ3n) is 5.64. The molecule has 0 bridgehead atoms.